The molecule has 7 heteroatoms. The van der Waals surface area contributed by atoms with Crippen LogP contribution in [0.25, 0.3) is 0 Å². The van der Waals surface area contributed by atoms with Gasteiger partial charge in [0.1, 0.15) is 5.15 Å². The zero-order valence-corrected chi connectivity index (χ0v) is 11.1. The van der Waals surface area contributed by atoms with Crippen LogP contribution >= 0.6 is 11.6 Å². The van der Waals surface area contributed by atoms with Crippen LogP contribution in [-0.4, -0.2) is 27.2 Å². The highest BCUT2D eigenvalue weighted by Gasteiger charge is 2.22. The van der Waals surface area contributed by atoms with E-state index in [9.17, 15) is 15.2 Å². The van der Waals surface area contributed by atoms with E-state index in [2.05, 4.69) is 10.3 Å². The van der Waals surface area contributed by atoms with Crippen molar-refractivity contribution in [3.8, 4) is 0 Å². The molecule has 0 amide bonds. The van der Waals surface area contributed by atoms with Gasteiger partial charge in [-0.25, -0.2) is 4.98 Å². The third kappa shape index (κ3) is 4.12. The van der Waals surface area contributed by atoms with Crippen molar-refractivity contribution in [1.29, 1.82) is 0 Å². The van der Waals surface area contributed by atoms with Crippen molar-refractivity contribution in [2.75, 3.05) is 11.9 Å². The van der Waals surface area contributed by atoms with E-state index in [0.717, 1.165) is 6.42 Å². The molecule has 100 valence electrons. The van der Waals surface area contributed by atoms with Crippen LogP contribution in [0.4, 0.5) is 11.5 Å². The summed E-state index contributed by atoms with van der Waals surface area (Å²) in [5, 5.41) is 23.7. The zero-order valence-electron chi connectivity index (χ0n) is 10.3. The van der Waals surface area contributed by atoms with Gasteiger partial charge >= 0.3 is 5.69 Å². The van der Waals surface area contributed by atoms with Gasteiger partial charge in [-0.2, -0.15) is 0 Å². The third-order valence-electron chi connectivity index (χ3n) is 2.46. The minimum atomic E-state index is -0.938. The van der Waals surface area contributed by atoms with E-state index in [4.69, 9.17) is 11.6 Å². The Morgan fingerprint density at radius 1 is 1.61 bits per heavy atom. The molecule has 0 radical (unpaired) electrons. The van der Waals surface area contributed by atoms with Crippen LogP contribution < -0.4 is 5.32 Å². The van der Waals surface area contributed by atoms with Gasteiger partial charge in [0.05, 0.1) is 10.5 Å². The van der Waals surface area contributed by atoms with Crippen molar-refractivity contribution < 1.29 is 10.0 Å². The van der Waals surface area contributed by atoms with Crippen LogP contribution in [0.2, 0.25) is 5.15 Å². The lowest BCUT2D eigenvalue weighted by molar-refractivity contribution is -0.384. The number of nitrogens with zero attached hydrogens (tertiary/aromatic N) is 2. The first-order chi connectivity index (χ1) is 8.35. The number of rotatable bonds is 6. The Hall–Kier alpha value is -1.40. The summed E-state index contributed by atoms with van der Waals surface area (Å²) in [6.07, 6.45) is 1.41. The summed E-state index contributed by atoms with van der Waals surface area (Å²) in [5.41, 5.74) is -1.10. The van der Waals surface area contributed by atoms with E-state index in [0.29, 0.717) is 6.42 Å². The fourth-order valence-electron chi connectivity index (χ4n) is 1.61. The Labute approximate surface area is 110 Å². The normalized spacial score (nSPS) is 14.0. The van der Waals surface area contributed by atoms with Crippen LogP contribution in [-0.2, 0) is 0 Å². The molecule has 0 saturated heterocycles. The molecule has 0 aliphatic rings. The second-order valence-corrected chi connectivity index (χ2v) is 4.75. The molecule has 1 aromatic heterocycles. The predicted molar refractivity (Wildman–Crippen MR) is 69.9 cm³/mol. The van der Waals surface area contributed by atoms with Crippen molar-refractivity contribution in [2.24, 2.45) is 0 Å². The summed E-state index contributed by atoms with van der Waals surface area (Å²) in [5.74, 6) is 0.0730. The Balaban J connectivity index is 2.83. The quantitative estimate of drug-likeness (QED) is 0.472. The average Bonchev–Trinajstić information content (AvgIpc) is 2.26. The average molecular weight is 274 g/mol. The second-order valence-electron chi connectivity index (χ2n) is 4.36. The maximum Gasteiger partial charge on any atom is 0.311 e. The van der Waals surface area contributed by atoms with Gasteiger partial charge in [-0.3, -0.25) is 10.1 Å². The monoisotopic (exact) mass is 273 g/mol. The van der Waals surface area contributed by atoms with Crippen molar-refractivity contribution in [3.63, 3.8) is 0 Å². The summed E-state index contributed by atoms with van der Waals surface area (Å²) in [6, 6.07) is 2.64. The number of aliphatic hydroxyl groups is 1. The van der Waals surface area contributed by atoms with Gasteiger partial charge in [0.15, 0.2) is 0 Å². The van der Waals surface area contributed by atoms with Crippen LogP contribution in [0.15, 0.2) is 12.1 Å². The minimum Gasteiger partial charge on any atom is -0.388 e. The second kappa shape index (κ2) is 5.97. The molecule has 0 bridgehead atoms. The summed E-state index contributed by atoms with van der Waals surface area (Å²) >= 11 is 5.70. The van der Waals surface area contributed by atoms with Crippen molar-refractivity contribution in [2.45, 2.75) is 32.3 Å². The maximum atomic E-state index is 10.8. The van der Waals surface area contributed by atoms with Gasteiger partial charge in [-0.05, 0) is 19.4 Å². The Morgan fingerprint density at radius 2 is 2.28 bits per heavy atom. The van der Waals surface area contributed by atoms with E-state index < -0.39 is 10.5 Å². The first kappa shape index (κ1) is 14.7. The van der Waals surface area contributed by atoms with E-state index in [1.807, 2.05) is 6.92 Å². The minimum absolute atomic E-state index is 0.0730. The number of aromatic nitrogens is 1. The molecule has 1 heterocycles. The van der Waals surface area contributed by atoms with E-state index in [-0.39, 0.29) is 23.2 Å². The first-order valence-electron chi connectivity index (χ1n) is 5.63. The van der Waals surface area contributed by atoms with Gasteiger partial charge in [0, 0.05) is 12.6 Å². The molecule has 6 nitrogen and oxygen atoms in total. The van der Waals surface area contributed by atoms with Crippen molar-refractivity contribution >= 4 is 23.1 Å². The number of hydrogen-bond donors (Lipinski definition) is 2. The number of hydrogen-bond acceptors (Lipinski definition) is 5. The highest BCUT2D eigenvalue weighted by Crippen LogP contribution is 2.24. The summed E-state index contributed by atoms with van der Waals surface area (Å²) in [7, 11) is 0. The van der Waals surface area contributed by atoms with E-state index >= 15 is 0 Å². The van der Waals surface area contributed by atoms with Crippen LogP contribution in [0.5, 0.6) is 0 Å². The standard InChI is InChI=1S/C11H16ClN3O3/c1-3-6-11(2,16)7-13-10-8(15(17)18)4-5-9(12)14-10/h4-5,16H,3,6-7H2,1-2H3,(H,13,14). The zero-order chi connectivity index (χ0) is 13.8. The molecule has 18 heavy (non-hydrogen) atoms. The number of pyridine rings is 1. The molecule has 0 saturated carbocycles. The molecule has 1 unspecified atom stereocenters. The lowest BCUT2D eigenvalue weighted by Crippen LogP contribution is -2.33. The van der Waals surface area contributed by atoms with Gasteiger partial charge in [-0.1, -0.05) is 24.9 Å². The number of nitrogens with one attached hydrogen (secondary N) is 1. The smallest absolute Gasteiger partial charge is 0.311 e. The third-order valence-corrected chi connectivity index (χ3v) is 2.67. The first-order valence-corrected chi connectivity index (χ1v) is 6.00. The van der Waals surface area contributed by atoms with Gasteiger partial charge in [0.2, 0.25) is 5.82 Å². The molecule has 0 aliphatic heterocycles. The number of halogens is 1. The largest absolute Gasteiger partial charge is 0.388 e. The van der Waals surface area contributed by atoms with Crippen molar-refractivity contribution in [3.05, 3.63) is 27.4 Å². The molecular weight excluding hydrogens is 258 g/mol. The number of nitro groups is 1. The molecular formula is C11H16ClN3O3. The molecule has 0 spiro atoms. The summed E-state index contributed by atoms with van der Waals surface area (Å²) in [6.45, 7) is 3.80. The molecule has 1 rings (SSSR count). The van der Waals surface area contributed by atoms with E-state index in [1.165, 1.54) is 12.1 Å². The highest BCUT2D eigenvalue weighted by molar-refractivity contribution is 6.29. The van der Waals surface area contributed by atoms with Crippen LogP contribution in [0.1, 0.15) is 26.7 Å². The Bertz CT molecular complexity index is 438. The molecule has 1 aromatic rings. The topological polar surface area (TPSA) is 88.3 Å². The SMILES string of the molecule is CCCC(C)(O)CNc1nc(Cl)ccc1[N+](=O)[O-]. The molecule has 2 N–H and O–H groups in total. The van der Waals surface area contributed by atoms with Crippen LogP contribution in [0.3, 0.4) is 0 Å². The molecule has 0 fully saturated rings. The fraction of sp³-hybridized carbons (Fsp3) is 0.545. The van der Waals surface area contributed by atoms with Gasteiger partial charge in [-0.15, -0.1) is 0 Å². The summed E-state index contributed by atoms with van der Waals surface area (Å²) in [4.78, 5) is 14.1. The highest BCUT2D eigenvalue weighted by atomic mass is 35.5. The molecule has 0 aromatic carbocycles. The number of anilines is 1. The van der Waals surface area contributed by atoms with Gasteiger partial charge in [0.25, 0.3) is 0 Å². The molecule has 1 atom stereocenters. The maximum absolute atomic E-state index is 10.8. The lowest BCUT2D eigenvalue weighted by Gasteiger charge is -2.23. The van der Waals surface area contributed by atoms with E-state index in [1.54, 1.807) is 6.92 Å². The summed E-state index contributed by atoms with van der Waals surface area (Å²) < 4.78 is 0. The lowest BCUT2D eigenvalue weighted by atomic mass is 10.0. The predicted octanol–water partition coefficient (Wildman–Crippen LogP) is 2.61. The molecule has 0 aliphatic carbocycles. The van der Waals surface area contributed by atoms with Gasteiger partial charge < -0.3 is 10.4 Å². The fourth-order valence-corrected chi connectivity index (χ4v) is 1.75. The Morgan fingerprint density at radius 3 is 2.83 bits per heavy atom. The van der Waals surface area contributed by atoms with Crippen molar-refractivity contribution in [1.82, 2.24) is 4.98 Å². The Kier molecular flexibility index (Phi) is 4.86. The van der Waals surface area contributed by atoms with Crippen LogP contribution in [0, 0.1) is 10.1 Å².